The molecule has 1 unspecified atom stereocenters. The van der Waals surface area contributed by atoms with Crippen LogP contribution in [0, 0.1) is 10.1 Å². The Morgan fingerprint density at radius 1 is 1.20 bits per heavy atom. The fourth-order valence-electron chi connectivity index (χ4n) is 2.30. The van der Waals surface area contributed by atoms with Gasteiger partial charge in [0, 0.05) is 9.82 Å². The lowest BCUT2D eigenvalue weighted by atomic mass is 10.1. The quantitative estimate of drug-likeness (QED) is 0.435. The van der Waals surface area contributed by atoms with Gasteiger partial charge < -0.3 is 14.6 Å². The van der Waals surface area contributed by atoms with Crippen LogP contribution in [0.15, 0.2) is 47.4 Å². The minimum Gasteiger partial charge on any atom is -0.493 e. The van der Waals surface area contributed by atoms with Crippen LogP contribution in [-0.4, -0.2) is 36.8 Å². The van der Waals surface area contributed by atoms with Crippen molar-refractivity contribution in [1.29, 1.82) is 0 Å². The minimum absolute atomic E-state index is 0.112. The van der Waals surface area contributed by atoms with Crippen molar-refractivity contribution in [3.63, 3.8) is 0 Å². The maximum Gasteiger partial charge on any atom is 0.336 e. The Balaban J connectivity index is 2.41. The van der Waals surface area contributed by atoms with Crippen LogP contribution in [0.5, 0.6) is 11.5 Å². The average molecular weight is 363 g/mol. The largest absolute Gasteiger partial charge is 0.493 e. The van der Waals surface area contributed by atoms with E-state index in [0.717, 1.165) is 11.8 Å². The predicted molar refractivity (Wildman–Crippen MR) is 93.4 cm³/mol. The van der Waals surface area contributed by atoms with E-state index < -0.39 is 16.1 Å². The molecule has 0 aliphatic rings. The highest BCUT2D eigenvalue weighted by atomic mass is 32.2. The zero-order chi connectivity index (χ0) is 18.4. The molecule has 0 aliphatic heterocycles. The van der Waals surface area contributed by atoms with Crippen molar-refractivity contribution in [2.45, 2.75) is 10.1 Å². The summed E-state index contributed by atoms with van der Waals surface area (Å²) in [7, 11) is 2.99. The van der Waals surface area contributed by atoms with Gasteiger partial charge in [0.1, 0.15) is 0 Å². The minimum atomic E-state index is -1.07. The molecule has 1 atom stereocenters. The second kappa shape index (κ2) is 8.39. The Bertz CT molecular complexity index is 779. The molecule has 0 bridgehead atoms. The predicted octanol–water partition coefficient (Wildman–Crippen LogP) is 3.51. The molecule has 7 nitrogen and oxygen atoms in total. The van der Waals surface area contributed by atoms with Crippen molar-refractivity contribution in [2.24, 2.45) is 0 Å². The molecule has 0 spiro atoms. The van der Waals surface area contributed by atoms with Gasteiger partial charge in [-0.05, 0) is 29.8 Å². The molecule has 132 valence electrons. The SMILES string of the molecule is COc1ccc(C(C[N+](=O)[O-])Sc2ccccc2C(=O)O)cc1OC. The number of rotatable bonds is 8. The number of thioether (sulfide) groups is 1. The molecule has 0 heterocycles. The first kappa shape index (κ1) is 18.6. The van der Waals surface area contributed by atoms with E-state index in [4.69, 9.17) is 9.47 Å². The highest BCUT2D eigenvalue weighted by Crippen LogP contribution is 2.40. The Kier molecular flexibility index (Phi) is 6.24. The van der Waals surface area contributed by atoms with Crippen molar-refractivity contribution >= 4 is 17.7 Å². The zero-order valence-corrected chi connectivity index (χ0v) is 14.5. The first-order valence-corrected chi connectivity index (χ1v) is 8.17. The number of nitrogens with zero attached hydrogens (tertiary/aromatic N) is 1. The highest BCUT2D eigenvalue weighted by molar-refractivity contribution is 7.99. The summed E-state index contributed by atoms with van der Waals surface area (Å²) in [6.45, 7) is -0.353. The third-order valence-corrected chi connectivity index (χ3v) is 4.80. The van der Waals surface area contributed by atoms with Gasteiger partial charge in [0.05, 0.1) is 25.0 Å². The molecule has 25 heavy (non-hydrogen) atoms. The average Bonchev–Trinajstić information content (AvgIpc) is 2.60. The molecule has 0 aliphatic carbocycles. The molecule has 0 amide bonds. The summed E-state index contributed by atoms with van der Waals surface area (Å²) in [5.41, 5.74) is 0.765. The number of carboxylic acid groups (broad SMARTS) is 1. The fourth-order valence-corrected chi connectivity index (χ4v) is 3.52. The van der Waals surface area contributed by atoms with Crippen LogP contribution in [0.4, 0.5) is 0 Å². The third kappa shape index (κ3) is 4.63. The molecular formula is C17H17NO6S. The summed E-state index contributed by atoms with van der Waals surface area (Å²) >= 11 is 1.14. The molecule has 1 N–H and O–H groups in total. The Hall–Kier alpha value is -2.74. The summed E-state index contributed by atoms with van der Waals surface area (Å²) in [6.07, 6.45) is 0. The van der Waals surface area contributed by atoms with E-state index in [1.165, 1.54) is 20.3 Å². The summed E-state index contributed by atoms with van der Waals surface area (Å²) in [6, 6.07) is 11.5. The normalized spacial score (nSPS) is 11.6. The number of carboxylic acids is 1. The number of hydrogen-bond donors (Lipinski definition) is 1. The summed E-state index contributed by atoms with van der Waals surface area (Å²) in [4.78, 5) is 22.5. The second-order valence-corrected chi connectivity index (χ2v) is 6.28. The molecule has 8 heteroatoms. The van der Waals surface area contributed by atoms with Gasteiger partial charge in [-0.25, -0.2) is 4.79 Å². The monoisotopic (exact) mass is 363 g/mol. The summed E-state index contributed by atoms with van der Waals surface area (Å²) < 4.78 is 10.4. The topological polar surface area (TPSA) is 98.9 Å². The first-order valence-electron chi connectivity index (χ1n) is 7.29. The molecular weight excluding hydrogens is 346 g/mol. The smallest absolute Gasteiger partial charge is 0.336 e. The summed E-state index contributed by atoms with van der Waals surface area (Å²) in [5, 5.41) is 19.8. The lowest BCUT2D eigenvalue weighted by molar-refractivity contribution is -0.479. The van der Waals surface area contributed by atoms with Crippen LogP contribution in [0.3, 0.4) is 0 Å². The second-order valence-electron chi connectivity index (χ2n) is 5.04. The van der Waals surface area contributed by atoms with E-state index in [-0.39, 0.29) is 12.1 Å². The number of benzene rings is 2. The van der Waals surface area contributed by atoms with Crippen LogP contribution < -0.4 is 9.47 Å². The van der Waals surface area contributed by atoms with Crippen molar-refractivity contribution in [3.05, 3.63) is 63.7 Å². The van der Waals surface area contributed by atoms with Gasteiger partial charge in [0.2, 0.25) is 6.54 Å². The Morgan fingerprint density at radius 2 is 1.88 bits per heavy atom. The van der Waals surface area contributed by atoms with Gasteiger partial charge in [0.25, 0.3) is 0 Å². The van der Waals surface area contributed by atoms with Gasteiger partial charge in [-0.1, -0.05) is 18.2 Å². The molecule has 2 rings (SSSR count). The zero-order valence-electron chi connectivity index (χ0n) is 13.7. The number of ether oxygens (including phenoxy) is 2. The van der Waals surface area contributed by atoms with Crippen molar-refractivity contribution in [2.75, 3.05) is 20.8 Å². The van der Waals surface area contributed by atoms with Crippen LogP contribution in [-0.2, 0) is 0 Å². The first-order chi connectivity index (χ1) is 12.0. The van der Waals surface area contributed by atoms with Crippen LogP contribution in [0.2, 0.25) is 0 Å². The van der Waals surface area contributed by atoms with E-state index in [9.17, 15) is 20.0 Å². The van der Waals surface area contributed by atoms with Crippen molar-refractivity contribution in [1.82, 2.24) is 0 Å². The molecule has 2 aromatic carbocycles. The Labute approximate surface area is 148 Å². The summed E-state index contributed by atoms with van der Waals surface area (Å²) in [5.74, 6) is -0.0993. The van der Waals surface area contributed by atoms with E-state index in [2.05, 4.69) is 0 Å². The number of nitro groups is 1. The number of methoxy groups -OCH3 is 2. The van der Waals surface area contributed by atoms with E-state index in [1.807, 2.05) is 0 Å². The van der Waals surface area contributed by atoms with Crippen LogP contribution >= 0.6 is 11.8 Å². The van der Waals surface area contributed by atoms with Crippen molar-refractivity contribution in [3.8, 4) is 11.5 Å². The van der Waals surface area contributed by atoms with E-state index >= 15 is 0 Å². The number of carbonyl (C=O) groups is 1. The highest BCUT2D eigenvalue weighted by Gasteiger charge is 2.23. The lowest BCUT2D eigenvalue weighted by Crippen LogP contribution is -2.11. The Morgan fingerprint density at radius 3 is 2.48 bits per heavy atom. The van der Waals surface area contributed by atoms with Gasteiger partial charge >= 0.3 is 5.97 Å². The maximum atomic E-state index is 11.4. The molecule has 0 saturated heterocycles. The van der Waals surface area contributed by atoms with Gasteiger partial charge in [0.15, 0.2) is 11.5 Å². The van der Waals surface area contributed by atoms with Crippen LogP contribution in [0.1, 0.15) is 21.2 Å². The third-order valence-electron chi connectivity index (χ3n) is 3.48. The van der Waals surface area contributed by atoms with Crippen LogP contribution in [0.25, 0.3) is 0 Å². The van der Waals surface area contributed by atoms with E-state index in [1.54, 1.807) is 36.4 Å². The van der Waals surface area contributed by atoms with Gasteiger partial charge in [-0.3, -0.25) is 10.1 Å². The van der Waals surface area contributed by atoms with Crippen molar-refractivity contribution < 1.29 is 24.3 Å². The molecule has 0 fully saturated rings. The fraction of sp³-hybridized carbons (Fsp3) is 0.235. The maximum absolute atomic E-state index is 11.4. The molecule has 2 aromatic rings. The molecule has 0 aromatic heterocycles. The van der Waals surface area contributed by atoms with E-state index in [0.29, 0.717) is 22.0 Å². The molecule has 0 saturated carbocycles. The lowest BCUT2D eigenvalue weighted by Gasteiger charge is -2.16. The number of hydrogen-bond acceptors (Lipinski definition) is 6. The molecule has 0 radical (unpaired) electrons. The van der Waals surface area contributed by atoms with Gasteiger partial charge in [-0.15, -0.1) is 11.8 Å². The number of aromatic carboxylic acids is 1. The van der Waals surface area contributed by atoms with Gasteiger partial charge in [-0.2, -0.15) is 0 Å². The standard InChI is InChI=1S/C17H17NO6S/c1-23-13-8-7-11(9-14(13)24-2)16(10-18(21)22)25-15-6-4-3-5-12(15)17(19)20/h3-9,16H,10H2,1-2H3,(H,19,20).